The standard InChI is InChI=1S/C24H24N4O3S2/c1-16-19(15-20(31-16)21-7-4-12-32-21)23(29)27-8-10-28(11-9-27)24-25-22(26-33-24)14-17-5-3-6-18(13-17)30-2/h3-7,12-13,15H,8-11,14H2,1-2H3. The summed E-state index contributed by atoms with van der Waals surface area (Å²) in [6.07, 6.45) is 0.665. The molecule has 1 aromatic carbocycles. The molecule has 1 saturated heterocycles. The number of hydrogen-bond acceptors (Lipinski definition) is 8. The number of furan rings is 1. The maximum atomic E-state index is 13.1. The predicted molar refractivity (Wildman–Crippen MR) is 131 cm³/mol. The summed E-state index contributed by atoms with van der Waals surface area (Å²) in [6, 6.07) is 13.8. The summed E-state index contributed by atoms with van der Waals surface area (Å²) in [6.45, 7) is 4.60. The summed E-state index contributed by atoms with van der Waals surface area (Å²) in [4.78, 5) is 23.0. The van der Waals surface area contributed by atoms with E-state index in [4.69, 9.17) is 14.1 Å². The van der Waals surface area contributed by atoms with Gasteiger partial charge < -0.3 is 19.0 Å². The Morgan fingerprint density at radius 3 is 2.76 bits per heavy atom. The second-order valence-electron chi connectivity index (χ2n) is 7.86. The molecule has 0 unspecified atom stereocenters. The lowest BCUT2D eigenvalue weighted by molar-refractivity contribution is 0.0745. The predicted octanol–water partition coefficient (Wildman–Crippen LogP) is 4.73. The summed E-state index contributed by atoms with van der Waals surface area (Å²) in [5.41, 5.74) is 1.76. The highest BCUT2D eigenvalue weighted by atomic mass is 32.1. The molecular weight excluding hydrogens is 456 g/mol. The van der Waals surface area contributed by atoms with Crippen molar-refractivity contribution in [3.8, 4) is 16.4 Å². The van der Waals surface area contributed by atoms with Gasteiger partial charge in [-0.05, 0) is 42.1 Å². The Labute approximate surface area is 200 Å². The van der Waals surface area contributed by atoms with Gasteiger partial charge in [-0.25, -0.2) is 4.98 Å². The average Bonchev–Trinajstić information content (AvgIpc) is 3.60. The number of carbonyl (C=O) groups is 1. The Kier molecular flexibility index (Phi) is 6.15. The average molecular weight is 481 g/mol. The Hall–Kier alpha value is -3.17. The number of methoxy groups -OCH3 is 1. The van der Waals surface area contributed by atoms with Gasteiger partial charge in [0.15, 0.2) is 0 Å². The quantitative estimate of drug-likeness (QED) is 0.397. The van der Waals surface area contributed by atoms with Gasteiger partial charge in [-0.2, -0.15) is 4.37 Å². The minimum Gasteiger partial charge on any atom is -0.497 e. The third kappa shape index (κ3) is 4.65. The van der Waals surface area contributed by atoms with Gasteiger partial charge in [-0.3, -0.25) is 4.79 Å². The summed E-state index contributed by atoms with van der Waals surface area (Å²) in [5, 5.41) is 2.91. The van der Waals surface area contributed by atoms with E-state index in [9.17, 15) is 4.79 Å². The number of carbonyl (C=O) groups excluding carboxylic acids is 1. The summed E-state index contributed by atoms with van der Waals surface area (Å²) in [5.74, 6) is 3.07. The van der Waals surface area contributed by atoms with E-state index in [-0.39, 0.29) is 5.91 Å². The van der Waals surface area contributed by atoms with Gasteiger partial charge >= 0.3 is 0 Å². The molecule has 0 saturated carbocycles. The van der Waals surface area contributed by atoms with Gasteiger partial charge in [0.2, 0.25) is 5.13 Å². The molecule has 1 aliphatic heterocycles. The number of thiophene rings is 1. The largest absolute Gasteiger partial charge is 0.497 e. The van der Waals surface area contributed by atoms with E-state index in [0.717, 1.165) is 46.0 Å². The third-order valence-corrected chi connectivity index (χ3v) is 7.40. The van der Waals surface area contributed by atoms with Crippen LogP contribution in [-0.2, 0) is 6.42 Å². The van der Waals surface area contributed by atoms with Crippen molar-refractivity contribution in [2.45, 2.75) is 13.3 Å². The van der Waals surface area contributed by atoms with Crippen LogP contribution >= 0.6 is 22.9 Å². The lowest BCUT2D eigenvalue weighted by Gasteiger charge is -2.34. The van der Waals surface area contributed by atoms with Crippen molar-refractivity contribution >= 4 is 33.9 Å². The van der Waals surface area contributed by atoms with Crippen molar-refractivity contribution in [3.05, 3.63) is 70.6 Å². The fourth-order valence-electron chi connectivity index (χ4n) is 3.92. The van der Waals surface area contributed by atoms with E-state index < -0.39 is 0 Å². The second kappa shape index (κ2) is 9.36. The number of ether oxygens (including phenoxy) is 1. The normalized spacial score (nSPS) is 14.0. The van der Waals surface area contributed by atoms with Gasteiger partial charge in [0.25, 0.3) is 5.91 Å². The lowest BCUT2D eigenvalue weighted by atomic mass is 10.1. The lowest BCUT2D eigenvalue weighted by Crippen LogP contribution is -2.48. The van der Waals surface area contributed by atoms with Crippen LogP contribution < -0.4 is 9.64 Å². The number of nitrogens with zero attached hydrogens (tertiary/aromatic N) is 4. The molecule has 4 heterocycles. The van der Waals surface area contributed by atoms with Crippen molar-refractivity contribution in [2.24, 2.45) is 0 Å². The number of benzene rings is 1. The number of rotatable bonds is 6. The van der Waals surface area contributed by atoms with Crippen molar-refractivity contribution in [1.82, 2.24) is 14.3 Å². The van der Waals surface area contributed by atoms with Crippen LogP contribution in [-0.4, -0.2) is 53.5 Å². The minimum atomic E-state index is 0.0229. The number of aromatic nitrogens is 2. The molecule has 7 nitrogen and oxygen atoms in total. The van der Waals surface area contributed by atoms with E-state index >= 15 is 0 Å². The van der Waals surface area contributed by atoms with Gasteiger partial charge in [-0.15, -0.1) is 11.3 Å². The molecule has 33 heavy (non-hydrogen) atoms. The van der Waals surface area contributed by atoms with Crippen LogP contribution in [0.2, 0.25) is 0 Å². The molecule has 0 aliphatic carbocycles. The first-order chi connectivity index (χ1) is 16.1. The van der Waals surface area contributed by atoms with Crippen LogP contribution in [0.5, 0.6) is 5.75 Å². The van der Waals surface area contributed by atoms with Gasteiger partial charge in [0, 0.05) is 44.1 Å². The SMILES string of the molecule is COc1cccc(Cc2nsc(N3CCN(C(=O)c4cc(-c5cccs5)oc4C)CC3)n2)c1. The number of aryl methyl sites for hydroxylation is 1. The highest BCUT2D eigenvalue weighted by molar-refractivity contribution is 7.13. The van der Waals surface area contributed by atoms with Gasteiger partial charge in [-0.1, -0.05) is 18.2 Å². The Bertz CT molecular complexity index is 1240. The zero-order chi connectivity index (χ0) is 22.8. The fraction of sp³-hybridized carbons (Fsp3) is 0.292. The maximum absolute atomic E-state index is 13.1. The van der Waals surface area contributed by atoms with Crippen LogP contribution in [0.1, 0.15) is 27.5 Å². The summed E-state index contributed by atoms with van der Waals surface area (Å²) in [7, 11) is 1.67. The molecule has 1 amide bonds. The van der Waals surface area contributed by atoms with Gasteiger partial charge in [0.1, 0.15) is 23.1 Å². The van der Waals surface area contributed by atoms with E-state index in [1.165, 1.54) is 11.5 Å². The number of anilines is 1. The minimum absolute atomic E-state index is 0.0229. The zero-order valence-corrected chi connectivity index (χ0v) is 20.1. The first-order valence-electron chi connectivity index (χ1n) is 10.7. The molecule has 0 atom stereocenters. The first kappa shape index (κ1) is 21.7. The molecule has 5 rings (SSSR count). The topological polar surface area (TPSA) is 71.7 Å². The third-order valence-electron chi connectivity index (χ3n) is 5.70. The van der Waals surface area contributed by atoms with Gasteiger partial charge in [0.05, 0.1) is 17.6 Å². The zero-order valence-electron chi connectivity index (χ0n) is 18.5. The summed E-state index contributed by atoms with van der Waals surface area (Å²) >= 11 is 3.02. The molecule has 3 aromatic heterocycles. The Morgan fingerprint density at radius 1 is 1.15 bits per heavy atom. The molecule has 4 aromatic rings. The van der Waals surface area contributed by atoms with E-state index in [0.29, 0.717) is 30.8 Å². The van der Waals surface area contributed by atoms with E-state index in [1.807, 2.05) is 53.6 Å². The van der Waals surface area contributed by atoms with Crippen LogP contribution in [0, 0.1) is 6.92 Å². The monoisotopic (exact) mass is 480 g/mol. The van der Waals surface area contributed by atoms with Crippen molar-refractivity contribution in [3.63, 3.8) is 0 Å². The molecule has 170 valence electrons. The Morgan fingerprint density at radius 2 is 2.00 bits per heavy atom. The van der Waals surface area contributed by atoms with Crippen molar-refractivity contribution < 1.29 is 13.9 Å². The molecule has 0 spiro atoms. The first-order valence-corrected chi connectivity index (χ1v) is 12.4. The molecule has 0 bridgehead atoms. The van der Waals surface area contributed by atoms with E-state index in [2.05, 4.69) is 15.3 Å². The highest BCUT2D eigenvalue weighted by Gasteiger charge is 2.27. The summed E-state index contributed by atoms with van der Waals surface area (Å²) < 4.78 is 15.7. The number of amides is 1. The second-order valence-corrected chi connectivity index (χ2v) is 9.54. The molecule has 0 radical (unpaired) electrons. The molecule has 9 heteroatoms. The van der Waals surface area contributed by atoms with Crippen molar-refractivity contribution in [1.29, 1.82) is 0 Å². The number of hydrogen-bond donors (Lipinski definition) is 0. The van der Waals surface area contributed by atoms with Crippen LogP contribution in [0.3, 0.4) is 0 Å². The number of piperazine rings is 1. The Balaban J connectivity index is 1.20. The van der Waals surface area contributed by atoms with Crippen LogP contribution in [0.25, 0.3) is 10.6 Å². The smallest absolute Gasteiger partial charge is 0.257 e. The molecule has 1 aliphatic rings. The maximum Gasteiger partial charge on any atom is 0.257 e. The van der Waals surface area contributed by atoms with Crippen molar-refractivity contribution in [2.75, 3.05) is 38.2 Å². The fourth-order valence-corrected chi connectivity index (χ4v) is 5.33. The highest BCUT2D eigenvalue weighted by Crippen LogP contribution is 2.30. The van der Waals surface area contributed by atoms with Crippen LogP contribution in [0.4, 0.5) is 5.13 Å². The molecular formula is C24H24N4O3S2. The molecule has 0 N–H and O–H groups in total. The van der Waals surface area contributed by atoms with Crippen LogP contribution in [0.15, 0.2) is 52.3 Å². The molecule has 1 fully saturated rings. The van der Waals surface area contributed by atoms with E-state index in [1.54, 1.807) is 18.4 Å².